The van der Waals surface area contributed by atoms with Crippen molar-refractivity contribution in [3.05, 3.63) is 22.9 Å². The van der Waals surface area contributed by atoms with Crippen molar-refractivity contribution in [1.29, 1.82) is 0 Å². The van der Waals surface area contributed by atoms with Gasteiger partial charge in [-0.15, -0.1) is 0 Å². The van der Waals surface area contributed by atoms with Crippen LogP contribution in [0.4, 0.5) is 0 Å². The standard InChI is InChI=1S/C17H23BN2O5S2/c1-10(21)27-9-12(18-24-16(2,3)17(4,5)25-18)7-11-8-19-15(26-6)20-13(11)14(22)23/h7-8H,9H2,1-6H3,(H,22,23). The minimum absolute atomic E-state index is 0.0511. The molecule has 0 radical (unpaired) electrons. The third-order valence-corrected chi connectivity index (χ3v) is 5.97. The number of rotatable bonds is 6. The van der Waals surface area contributed by atoms with Crippen LogP contribution in [0.2, 0.25) is 0 Å². The molecule has 1 saturated heterocycles. The van der Waals surface area contributed by atoms with Crippen LogP contribution >= 0.6 is 23.5 Å². The van der Waals surface area contributed by atoms with Crippen LogP contribution in [-0.2, 0) is 14.1 Å². The van der Waals surface area contributed by atoms with Crippen LogP contribution in [0.1, 0.15) is 50.7 Å². The summed E-state index contributed by atoms with van der Waals surface area (Å²) in [5.74, 6) is -0.832. The van der Waals surface area contributed by atoms with Crippen LogP contribution in [0, 0.1) is 0 Å². The van der Waals surface area contributed by atoms with Crippen LogP contribution in [0.5, 0.6) is 0 Å². The van der Waals surface area contributed by atoms with Crippen LogP contribution < -0.4 is 0 Å². The highest BCUT2D eigenvalue weighted by Gasteiger charge is 2.52. The largest absolute Gasteiger partial charge is 0.491 e. The van der Waals surface area contributed by atoms with E-state index in [1.165, 1.54) is 24.9 Å². The SMILES string of the molecule is CSc1ncc(C=C(CSC(C)=O)B2OC(C)(C)C(C)(C)O2)c(C(=O)O)n1. The number of carboxylic acids is 1. The predicted molar refractivity (Wildman–Crippen MR) is 108 cm³/mol. The van der Waals surface area contributed by atoms with Gasteiger partial charge in [-0.3, -0.25) is 4.79 Å². The maximum Gasteiger partial charge on any atom is 0.491 e. The Hall–Kier alpha value is -1.36. The molecular formula is C17H23BN2O5S2. The molecular weight excluding hydrogens is 387 g/mol. The average molecular weight is 410 g/mol. The second kappa shape index (κ2) is 8.34. The van der Waals surface area contributed by atoms with Gasteiger partial charge in [0, 0.05) is 24.4 Å². The predicted octanol–water partition coefficient (Wildman–Crippen LogP) is 3.19. The fourth-order valence-corrected chi connectivity index (χ4v) is 3.24. The van der Waals surface area contributed by atoms with Crippen molar-refractivity contribution in [2.24, 2.45) is 0 Å². The molecule has 27 heavy (non-hydrogen) atoms. The molecule has 1 aromatic rings. The first-order valence-electron chi connectivity index (χ1n) is 8.30. The lowest BCUT2D eigenvalue weighted by Crippen LogP contribution is -2.41. The molecule has 0 atom stereocenters. The highest BCUT2D eigenvalue weighted by atomic mass is 32.2. The Bertz CT molecular complexity index is 767. The zero-order valence-corrected chi connectivity index (χ0v) is 17.9. The van der Waals surface area contributed by atoms with Crippen LogP contribution in [0.25, 0.3) is 6.08 Å². The Balaban J connectivity index is 2.46. The topological polar surface area (TPSA) is 98.6 Å². The molecule has 0 unspecified atom stereocenters. The number of hydrogen-bond acceptors (Lipinski definition) is 8. The van der Waals surface area contributed by atoms with E-state index in [2.05, 4.69) is 9.97 Å². The molecule has 2 rings (SSSR count). The number of carboxylic acid groups (broad SMARTS) is 1. The Morgan fingerprint density at radius 3 is 2.33 bits per heavy atom. The van der Waals surface area contributed by atoms with Gasteiger partial charge in [0.15, 0.2) is 16.0 Å². The Labute approximate surface area is 167 Å². The lowest BCUT2D eigenvalue weighted by atomic mass is 9.78. The second-order valence-electron chi connectivity index (χ2n) is 7.05. The number of aromatic nitrogens is 2. The number of hydrogen-bond donors (Lipinski definition) is 1. The molecule has 1 aliphatic heterocycles. The van der Waals surface area contributed by atoms with E-state index in [4.69, 9.17) is 9.31 Å². The number of thioether (sulfide) groups is 2. The summed E-state index contributed by atoms with van der Waals surface area (Å²) in [6, 6.07) is 0. The maximum atomic E-state index is 11.6. The van der Waals surface area contributed by atoms with E-state index in [-0.39, 0.29) is 10.8 Å². The summed E-state index contributed by atoms with van der Waals surface area (Å²) >= 11 is 2.37. The maximum absolute atomic E-state index is 11.6. The molecule has 1 fully saturated rings. The van der Waals surface area contributed by atoms with E-state index in [1.807, 2.05) is 27.7 Å². The fourth-order valence-electron chi connectivity index (χ4n) is 2.31. The molecule has 0 saturated carbocycles. The van der Waals surface area contributed by atoms with Crippen molar-refractivity contribution < 1.29 is 24.0 Å². The highest BCUT2D eigenvalue weighted by molar-refractivity contribution is 8.13. The van der Waals surface area contributed by atoms with Crippen LogP contribution in [-0.4, -0.2) is 56.5 Å². The van der Waals surface area contributed by atoms with E-state index < -0.39 is 24.3 Å². The average Bonchev–Trinajstić information content (AvgIpc) is 2.78. The van der Waals surface area contributed by atoms with Gasteiger partial charge >= 0.3 is 13.1 Å². The van der Waals surface area contributed by atoms with Crippen LogP contribution in [0.3, 0.4) is 0 Å². The first-order valence-corrected chi connectivity index (χ1v) is 10.5. The molecule has 2 heterocycles. The van der Waals surface area contributed by atoms with Crippen molar-refractivity contribution in [2.75, 3.05) is 12.0 Å². The van der Waals surface area contributed by atoms with Gasteiger partial charge in [0.2, 0.25) is 0 Å². The van der Waals surface area contributed by atoms with E-state index in [9.17, 15) is 14.7 Å². The molecule has 0 aromatic carbocycles. The van der Waals surface area contributed by atoms with E-state index in [0.29, 0.717) is 21.9 Å². The zero-order chi connectivity index (χ0) is 20.4. The van der Waals surface area contributed by atoms with Gasteiger partial charge in [0.25, 0.3) is 0 Å². The molecule has 0 bridgehead atoms. The molecule has 1 N–H and O–H groups in total. The third kappa shape index (κ3) is 5.13. The number of nitrogens with zero attached hydrogens (tertiary/aromatic N) is 2. The number of carbonyl (C=O) groups excluding carboxylic acids is 1. The van der Waals surface area contributed by atoms with Crippen molar-refractivity contribution >= 4 is 47.8 Å². The quantitative estimate of drug-likeness (QED) is 0.431. The summed E-state index contributed by atoms with van der Waals surface area (Å²) in [6.07, 6.45) is 4.88. The molecule has 7 nitrogen and oxygen atoms in total. The first-order chi connectivity index (χ1) is 12.5. The Morgan fingerprint density at radius 2 is 1.85 bits per heavy atom. The van der Waals surface area contributed by atoms with Gasteiger partial charge in [0.05, 0.1) is 11.2 Å². The minimum Gasteiger partial charge on any atom is -0.476 e. The van der Waals surface area contributed by atoms with Crippen molar-refractivity contribution in [3.63, 3.8) is 0 Å². The smallest absolute Gasteiger partial charge is 0.476 e. The van der Waals surface area contributed by atoms with Gasteiger partial charge in [-0.2, -0.15) is 0 Å². The van der Waals surface area contributed by atoms with Gasteiger partial charge in [-0.1, -0.05) is 29.6 Å². The minimum atomic E-state index is -1.15. The van der Waals surface area contributed by atoms with Crippen molar-refractivity contribution in [3.8, 4) is 0 Å². The monoisotopic (exact) mass is 410 g/mol. The molecule has 0 amide bonds. The summed E-state index contributed by atoms with van der Waals surface area (Å²) in [6.45, 7) is 9.21. The van der Waals surface area contributed by atoms with E-state index in [0.717, 1.165) is 11.8 Å². The van der Waals surface area contributed by atoms with Gasteiger partial charge in [-0.25, -0.2) is 14.8 Å². The van der Waals surface area contributed by atoms with Crippen molar-refractivity contribution in [2.45, 2.75) is 51.0 Å². The number of aromatic carboxylic acids is 1. The van der Waals surface area contributed by atoms with Gasteiger partial charge < -0.3 is 14.4 Å². The van der Waals surface area contributed by atoms with Crippen molar-refractivity contribution in [1.82, 2.24) is 9.97 Å². The fraction of sp³-hybridized carbons (Fsp3) is 0.529. The summed E-state index contributed by atoms with van der Waals surface area (Å²) in [4.78, 5) is 31.3. The second-order valence-corrected chi connectivity index (χ2v) is 8.98. The number of carbonyl (C=O) groups is 2. The van der Waals surface area contributed by atoms with Gasteiger partial charge in [-0.05, 0) is 39.4 Å². The van der Waals surface area contributed by atoms with E-state index in [1.54, 1.807) is 12.3 Å². The summed E-state index contributed by atoms with van der Waals surface area (Å²) < 4.78 is 12.1. The molecule has 0 aliphatic carbocycles. The third-order valence-electron chi connectivity index (χ3n) is 4.52. The summed E-state index contributed by atoms with van der Waals surface area (Å²) in [5, 5.41) is 9.82. The zero-order valence-electron chi connectivity index (χ0n) is 16.2. The molecule has 10 heteroatoms. The summed E-state index contributed by atoms with van der Waals surface area (Å²) in [5.41, 5.74) is -0.207. The Morgan fingerprint density at radius 1 is 1.26 bits per heavy atom. The lowest BCUT2D eigenvalue weighted by Gasteiger charge is -2.32. The summed E-state index contributed by atoms with van der Waals surface area (Å²) in [7, 11) is -0.691. The molecule has 0 spiro atoms. The molecule has 146 valence electrons. The highest BCUT2D eigenvalue weighted by Crippen LogP contribution is 2.39. The van der Waals surface area contributed by atoms with E-state index >= 15 is 0 Å². The van der Waals surface area contributed by atoms with Crippen LogP contribution in [0.15, 0.2) is 16.8 Å². The molecule has 1 aliphatic rings. The van der Waals surface area contributed by atoms with Gasteiger partial charge in [0.1, 0.15) is 0 Å². The Kier molecular flexibility index (Phi) is 6.78. The lowest BCUT2D eigenvalue weighted by molar-refractivity contribution is -0.109. The normalized spacial score (nSPS) is 18.6. The molecule has 1 aromatic heterocycles. The first kappa shape index (κ1) is 21.9.